The summed E-state index contributed by atoms with van der Waals surface area (Å²) in [7, 11) is 3.92. The van der Waals surface area contributed by atoms with E-state index in [1.54, 1.807) is 0 Å². The zero-order chi connectivity index (χ0) is 9.14. The van der Waals surface area contributed by atoms with Crippen LogP contribution < -0.4 is 0 Å². The Bertz CT molecular complexity index is 272. The van der Waals surface area contributed by atoms with Gasteiger partial charge in [0.05, 0.1) is 11.4 Å². The minimum absolute atomic E-state index is 0.936. The maximum atomic E-state index is 4.26. The fourth-order valence-corrected chi connectivity index (χ4v) is 0.868. The van der Waals surface area contributed by atoms with Gasteiger partial charge in [-0.25, -0.2) is 0 Å². The number of aromatic nitrogens is 1. The average Bonchev–Trinajstić information content (AvgIpc) is 2.04. The summed E-state index contributed by atoms with van der Waals surface area (Å²) in [6.07, 6.45) is 1.85. The van der Waals surface area contributed by atoms with Crippen molar-refractivity contribution in [2.45, 2.75) is 6.92 Å². The predicted molar refractivity (Wildman–Crippen MR) is 51.7 cm³/mol. The zero-order valence-corrected chi connectivity index (χ0v) is 7.83. The Labute approximate surface area is 73.5 Å². The maximum absolute atomic E-state index is 4.26. The van der Waals surface area contributed by atoms with Gasteiger partial charge in [-0.3, -0.25) is 4.98 Å². The summed E-state index contributed by atoms with van der Waals surface area (Å²) in [5, 5.41) is 0. The molecule has 12 heavy (non-hydrogen) atoms. The molecule has 64 valence electrons. The highest BCUT2D eigenvalue weighted by atomic mass is 15.1. The molecule has 1 aromatic heterocycles. The highest BCUT2D eigenvalue weighted by molar-refractivity contribution is 5.57. The molecule has 0 amide bonds. The second-order valence-corrected chi connectivity index (χ2v) is 3.06. The molecule has 1 aromatic rings. The lowest BCUT2D eigenvalue weighted by molar-refractivity contribution is 0.590. The third-order valence-electron chi connectivity index (χ3n) is 1.75. The largest absolute Gasteiger partial charge is 0.376 e. The highest BCUT2D eigenvalue weighted by Gasteiger charge is 2.00. The van der Waals surface area contributed by atoms with Crippen LogP contribution in [-0.2, 0) is 0 Å². The minimum Gasteiger partial charge on any atom is -0.376 e. The van der Waals surface area contributed by atoms with Crippen LogP contribution in [0.4, 0.5) is 0 Å². The lowest BCUT2D eigenvalue weighted by Crippen LogP contribution is -2.09. The van der Waals surface area contributed by atoms with Crippen LogP contribution in [0.3, 0.4) is 0 Å². The van der Waals surface area contributed by atoms with Crippen molar-refractivity contribution in [2.75, 3.05) is 14.1 Å². The van der Waals surface area contributed by atoms with E-state index in [2.05, 4.69) is 11.6 Å². The second-order valence-electron chi connectivity index (χ2n) is 3.06. The summed E-state index contributed by atoms with van der Waals surface area (Å²) in [5.41, 5.74) is 3.05. The summed E-state index contributed by atoms with van der Waals surface area (Å²) in [6.45, 7) is 5.94. The first-order valence-corrected chi connectivity index (χ1v) is 3.90. The number of aryl methyl sites for hydroxylation is 1. The Morgan fingerprint density at radius 1 is 1.42 bits per heavy atom. The minimum atomic E-state index is 0.936. The topological polar surface area (TPSA) is 16.1 Å². The van der Waals surface area contributed by atoms with Crippen molar-refractivity contribution in [3.05, 3.63) is 36.2 Å². The van der Waals surface area contributed by atoms with Crippen molar-refractivity contribution in [2.24, 2.45) is 0 Å². The molecule has 0 aromatic carbocycles. The number of nitrogens with zero attached hydrogens (tertiary/aromatic N) is 2. The van der Waals surface area contributed by atoms with E-state index in [1.807, 2.05) is 44.2 Å². The van der Waals surface area contributed by atoms with E-state index in [4.69, 9.17) is 0 Å². The van der Waals surface area contributed by atoms with Gasteiger partial charge in [-0.15, -0.1) is 0 Å². The smallest absolute Gasteiger partial charge is 0.0856 e. The quantitative estimate of drug-likeness (QED) is 0.660. The second kappa shape index (κ2) is 3.39. The molecule has 0 saturated heterocycles. The molecule has 2 heteroatoms. The molecular weight excluding hydrogens is 148 g/mol. The van der Waals surface area contributed by atoms with Crippen LogP contribution in [-0.4, -0.2) is 24.0 Å². The molecule has 0 saturated carbocycles. The van der Waals surface area contributed by atoms with Crippen LogP contribution in [0.25, 0.3) is 5.70 Å². The fraction of sp³-hybridized carbons (Fsp3) is 0.300. The number of hydrogen-bond donors (Lipinski definition) is 0. The van der Waals surface area contributed by atoms with Gasteiger partial charge in [0.1, 0.15) is 0 Å². The molecule has 0 atom stereocenters. The van der Waals surface area contributed by atoms with E-state index in [-0.39, 0.29) is 0 Å². The summed E-state index contributed by atoms with van der Waals surface area (Å²) >= 11 is 0. The predicted octanol–water partition coefficient (Wildman–Crippen LogP) is 1.92. The summed E-state index contributed by atoms with van der Waals surface area (Å²) in [6, 6.07) is 4.02. The molecule has 0 N–H and O–H groups in total. The zero-order valence-electron chi connectivity index (χ0n) is 7.83. The fourth-order valence-electron chi connectivity index (χ4n) is 0.868. The van der Waals surface area contributed by atoms with Crippen molar-refractivity contribution >= 4 is 5.70 Å². The van der Waals surface area contributed by atoms with E-state index in [1.165, 1.54) is 5.56 Å². The van der Waals surface area contributed by atoms with Gasteiger partial charge < -0.3 is 4.90 Å². The Kier molecular flexibility index (Phi) is 2.48. The maximum Gasteiger partial charge on any atom is 0.0856 e. The number of rotatable bonds is 2. The molecule has 2 nitrogen and oxygen atoms in total. The molecule has 0 spiro atoms. The highest BCUT2D eigenvalue weighted by Crippen LogP contribution is 2.10. The van der Waals surface area contributed by atoms with Crippen molar-refractivity contribution in [3.63, 3.8) is 0 Å². The van der Waals surface area contributed by atoms with Crippen molar-refractivity contribution < 1.29 is 0 Å². The van der Waals surface area contributed by atoms with Crippen LogP contribution in [0, 0.1) is 6.92 Å². The van der Waals surface area contributed by atoms with E-state index in [0.717, 1.165) is 11.4 Å². The van der Waals surface area contributed by atoms with Gasteiger partial charge >= 0.3 is 0 Å². The van der Waals surface area contributed by atoms with Crippen molar-refractivity contribution in [3.8, 4) is 0 Å². The van der Waals surface area contributed by atoms with E-state index >= 15 is 0 Å². The van der Waals surface area contributed by atoms with Crippen molar-refractivity contribution in [1.29, 1.82) is 0 Å². The van der Waals surface area contributed by atoms with Gasteiger partial charge in [0.2, 0.25) is 0 Å². The standard InChI is InChI=1S/C10H14N2/c1-8-5-6-10(11-7-8)9(2)12(3)4/h5-7H,2H2,1,3-4H3. The summed E-state index contributed by atoms with van der Waals surface area (Å²) in [5.74, 6) is 0. The van der Waals surface area contributed by atoms with Gasteiger partial charge in [-0.2, -0.15) is 0 Å². The lowest BCUT2D eigenvalue weighted by Gasteiger charge is -2.14. The Morgan fingerprint density at radius 2 is 2.08 bits per heavy atom. The molecule has 0 fully saturated rings. The first-order chi connectivity index (χ1) is 5.61. The van der Waals surface area contributed by atoms with Gasteiger partial charge in [0.15, 0.2) is 0 Å². The average molecular weight is 162 g/mol. The van der Waals surface area contributed by atoms with Crippen molar-refractivity contribution in [1.82, 2.24) is 9.88 Å². The summed E-state index contributed by atoms with van der Waals surface area (Å²) < 4.78 is 0. The normalized spacial score (nSPS) is 9.58. The molecular formula is C10H14N2. The molecule has 0 unspecified atom stereocenters. The lowest BCUT2D eigenvalue weighted by atomic mass is 10.2. The molecule has 0 bridgehead atoms. The summed E-state index contributed by atoms with van der Waals surface area (Å²) in [4.78, 5) is 6.21. The van der Waals surface area contributed by atoms with Gasteiger partial charge in [-0.05, 0) is 18.6 Å². The molecule has 1 heterocycles. The third kappa shape index (κ3) is 1.84. The monoisotopic (exact) mass is 162 g/mol. The van der Waals surface area contributed by atoms with E-state index in [0.29, 0.717) is 0 Å². The number of hydrogen-bond acceptors (Lipinski definition) is 2. The molecule has 1 rings (SSSR count). The molecule has 0 aliphatic rings. The van der Waals surface area contributed by atoms with Gasteiger partial charge in [0, 0.05) is 20.3 Å². The van der Waals surface area contributed by atoms with Crippen LogP contribution in [0.15, 0.2) is 24.9 Å². The molecule has 0 radical (unpaired) electrons. The van der Waals surface area contributed by atoms with Crippen LogP contribution >= 0.6 is 0 Å². The van der Waals surface area contributed by atoms with Gasteiger partial charge in [0.25, 0.3) is 0 Å². The van der Waals surface area contributed by atoms with E-state index in [9.17, 15) is 0 Å². The third-order valence-corrected chi connectivity index (χ3v) is 1.75. The van der Waals surface area contributed by atoms with Crippen LogP contribution in [0.5, 0.6) is 0 Å². The molecule has 0 aliphatic heterocycles. The Balaban J connectivity index is 2.90. The van der Waals surface area contributed by atoms with Gasteiger partial charge in [-0.1, -0.05) is 12.6 Å². The number of pyridine rings is 1. The first-order valence-electron chi connectivity index (χ1n) is 3.90. The molecule has 0 aliphatic carbocycles. The first kappa shape index (κ1) is 8.78. The Morgan fingerprint density at radius 3 is 2.50 bits per heavy atom. The van der Waals surface area contributed by atoms with Crippen LogP contribution in [0.2, 0.25) is 0 Å². The Hall–Kier alpha value is -1.31. The van der Waals surface area contributed by atoms with E-state index < -0.39 is 0 Å². The SMILES string of the molecule is C=C(c1ccc(C)cn1)N(C)C. The van der Waals surface area contributed by atoms with Crippen LogP contribution in [0.1, 0.15) is 11.3 Å².